The van der Waals surface area contributed by atoms with E-state index in [2.05, 4.69) is 47.6 Å². The minimum Gasteiger partial charge on any atom is -0.410 e. The molecule has 0 aromatic rings. The van der Waals surface area contributed by atoms with Crippen LogP contribution in [0, 0.1) is 11.8 Å². The molecule has 0 bridgehead atoms. The fraction of sp³-hybridized carbons (Fsp3) is 0.900. The molecule has 1 saturated heterocycles. The molecule has 1 aliphatic heterocycles. The Morgan fingerprint density at radius 3 is 2.42 bits per heavy atom. The second kappa shape index (κ2) is 8.48. The van der Waals surface area contributed by atoms with Crippen LogP contribution >= 0.6 is 0 Å². The summed E-state index contributed by atoms with van der Waals surface area (Å²) in [5.74, 6) is 0.806. The maximum atomic E-state index is 10.9. The molecule has 3 nitrogen and oxygen atoms in total. The topological polar surface area (TPSA) is 42.0 Å². The highest BCUT2D eigenvalue weighted by Gasteiger charge is 2.49. The number of aliphatic hydroxyl groups excluding tert-OH is 1. The lowest BCUT2D eigenvalue weighted by Crippen LogP contribution is -2.46. The van der Waals surface area contributed by atoms with Crippen LogP contribution in [0.25, 0.3) is 0 Å². The Labute approximate surface area is 149 Å². The average Bonchev–Trinajstić information content (AvgIpc) is 3.30. The van der Waals surface area contributed by atoms with Gasteiger partial charge < -0.3 is 14.3 Å². The molecule has 0 amide bonds. The molecule has 24 heavy (non-hydrogen) atoms. The summed E-state index contributed by atoms with van der Waals surface area (Å²) in [6.45, 7) is 13.4. The molecule has 0 aromatic carbocycles. The van der Waals surface area contributed by atoms with E-state index in [1.807, 2.05) is 0 Å². The quantitative estimate of drug-likeness (QED) is 0.363. The van der Waals surface area contributed by atoms with Gasteiger partial charge in [0.05, 0.1) is 18.3 Å². The maximum Gasteiger partial charge on any atom is 0.192 e. The Bertz CT molecular complexity index is 422. The third-order valence-electron chi connectivity index (χ3n) is 6.16. The molecule has 0 unspecified atom stereocenters. The van der Waals surface area contributed by atoms with Crippen LogP contribution in [0.1, 0.15) is 60.8 Å². The Morgan fingerprint density at radius 1 is 1.25 bits per heavy atom. The summed E-state index contributed by atoms with van der Waals surface area (Å²) >= 11 is 0. The van der Waals surface area contributed by atoms with E-state index in [1.54, 1.807) is 0 Å². The minimum absolute atomic E-state index is 0.0243. The van der Waals surface area contributed by atoms with Gasteiger partial charge >= 0.3 is 0 Å². The van der Waals surface area contributed by atoms with Crippen molar-refractivity contribution >= 4 is 8.32 Å². The van der Waals surface area contributed by atoms with Crippen molar-refractivity contribution in [3.8, 4) is 0 Å². The van der Waals surface area contributed by atoms with Crippen molar-refractivity contribution in [3.05, 3.63) is 11.6 Å². The summed E-state index contributed by atoms with van der Waals surface area (Å²) in [6, 6.07) is 3.46. The predicted molar refractivity (Wildman–Crippen MR) is 103 cm³/mol. The van der Waals surface area contributed by atoms with Crippen LogP contribution in [-0.2, 0) is 9.16 Å². The van der Waals surface area contributed by atoms with Crippen LogP contribution in [0.4, 0.5) is 0 Å². The molecule has 1 N–H and O–H groups in total. The molecule has 2 rings (SSSR count). The van der Waals surface area contributed by atoms with Crippen molar-refractivity contribution in [2.45, 2.75) is 103 Å². The first kappa shape index (κ1) is 20.2. The van der Waals surface area contributed by atoms with E-state index in [0.717, 1.165) is 37.4 Å². The summed E-state index contributed by atoms with van der Waals surface area (Å²) in [5.41, 5.74) is 1.41. The van der Waals surface area contributed by atoms with E-state index in [4.69, 9.17) is 9.16 Å². The molecule has 140 valence electrons. The van der Waals surface area contributed by atoms with Gasteiger partial charge in [-0.25, -0.2) is 0 Å². The summed E-state index contributed by atoms with van der Waals surface area (Å²) in [7, 11) is -1.68. The van der Waals surface area contributed by atoms with E-state index in [-0.39, 0.29) is 30.3 Å². The molecule has 0 saturated carbocycles. The molecule has 0 radical (unpaired) electrons. The molecule has 1 aliphatic carbocycles. The number of rotatable bonds is 9. The van der Waals surface area contributed by atoms with Crippen molar-refractivity contribution in [3.63, 3.8) is 0 Å². The molecule has 1 fully saturated rings. The Hall–Kier alpha value is -0.163. The molecule has 5 atom stereocenters. The van der Waals surface area contributed by atoms with E-state index < -0.39 is 8.32 Å². The first-order chi connectivity index (χ1) is 11.4. The zero-order valence-corrected chi connectivity index (χ0v) is 17.5. The Balaban J connectivity index is 2.07. The fourth-order valence-corrected chi connectivity index (χ4v) is 7.00. The summed E-state index contributed by atoms with van der Waals surface area (Å²) in [6.07, 6.45) is 5.39. The smallest absolute Gasteiger partial charge is 0.192 e. The number of allylic oxidation sites excluding steroid dienone is 1. The lowest BCUT2D eigenvalue weighted by Gasteiger charge is -2.39. The number of aliphatic hydroxyl groups is 1. The van der Waals surface area contributed by atoms with E-state index in [1.165, 1.54) is 5.57 Å². The molecule has 2 aliphatic rings. The number of hydrogen-bond acceptors (Lipinski definition) is 3. The number of hydrogen-bond donors (Lipinski definition) is 1. The van der Waals surface area contributed by atoms with Crippen molar-refractivity contribution in [1.82, 2.24) is 0 Å². The molecule has 0 spiro atoms. The van der Waals surface area contributed by atoms with Crippen LogP contribution in [0.15, 0.2) is 11.6 Å². The standard InChI is InChI=1S/C20H38O3Si/c1-7-24(8-2,9-3)23-17-13-15(6)10-11-16(17)19(21)20-18(22-20)12-14(4)5/h13-14,16-21H,7-12H2,1-6H3/t16-,17+,18-,19+,20+/m0/s1. The normalized spacial score (nSPS) is 31.9. The second-order valence-electron chi connectivity index (χ2n) is 8.30. The van der Waals surface area contributed by atoms with Gasteiger partial charge in [0.2, 0.25) is 0 Å². The van der Waals surface area contributed by atoms with Gasteiger partial charge in [0, 0.05) is 5.92 Å². The van der Waals surface area contributed by atoms with Gasteiger partial charge in [0.15, 0.2) is 8.32 Å². The van der Waals surface area contributed by atoms with Crippen LogP contribution in [0.2, 0.25) is 18.1 Å². The van der Waals surface area contributed by atoms with Crippen molar-refractivity contribution < 1.29 is 14.3 Å². The molecule has 0 aromatic heterocycles. The van der Waals surface area contributed by atoms with Crippen LogP contribution in [-0.4, -0.2) is 37.8 Å². The van der Waals surface area contributed by atoms with Gasteiger partial charge in [-0.1, -0.05) is 46.3 Å². The molecule has 1 heterocycles. The number of epoxide rings is 1. The summed E-state index contributed by atoms with van der Waals surface area (Å²) < 4.78 is 12.6. The van der Waals surface area contributed by atoms with Crippen LogP contribution in [0.3, 0.4) is 0 Å². The zero-order valence-electron chi connectivity index (χ0n) is 16.5. The lowest BCUT2D eigenvalue weighted by atomic mass is 9.82. The van der Waals surface area contributed by atoms with Gasteiger partial charge in [0.25, 0.3) is 0 Å². The van der Waals surface area contributed by atoms with Gasteiger partial charge in [-0.05, 0) is 50.2 Å². The van der Waals surface area contributed by atoms with Gasteiger partial charge in [0.1, 0.15) is 6.10 Å². The SMILES string of the molecule is CC[Si](CC)(CC)O[C@@H]1C=C(C)CC[C@@H]1[C@@H](O)[C@@H]1O[C@H]1CC(C)C. The van der Waals surface area contributed by atoms with Gasteiger partial charge in [-0.3, -0.25) is 0 Å². The van der Waals surface area contributed by atoms with Gasteiger partial charge in [-0.15, -0.1) is 0 Å². The highest BCUT2D eigenvalue weighted by molar-refractivity contribution is 6.73. The first-order valence-electron chi connectivity index (χ1n) is 10.0. The third-order valence-corrected chi connectivity index (χ3v) is 10.8. The molecular weight excluding hydrogens is 316 g/mol. The zero-order chi connectivity index (χ0) is 17.9. The van der Waals surface area contributed by atoms with E-state index in [0.29, 0.717) is 5.92 Å². The van der Waals surface area contributed by atoms with Gasteiger partial charge in [-0.2, -0.15) is 0 Å². The Kier molecular flexibility index (Phi) is 7.12. The lowest BCUT2D eigenvalue weighted by molar-refractivity contribution is 0.0152. The maximum absolute atomic E-state index is 10.9. The third kappa shape index (κ3) is 4.72. The van der Waals surface area contributed by atoms with E-state index in [9.17, 15) is 5.11 Å². The Morgan fingerprint density at radius 2 is 1.88 bits per heavy atom. The van der Waals surface area contributed by atoms with Crippen LogP contribution in [0.5, 0.6) is 0 Å². The second-order valence-corrected chi connectivity index (χ2v) is 13.0. The minimum atomic E-state index is -1.68. The summed E-state index contributed by atoms with van der Waals surface area (Å²) in [4.78, 5) is 0. The van der Waals surface area contributed by atoms with Crippen molar-refractivity contribution in [2.75, 3.05) is 0 Å². The molecular formula is C20H38O3Si. The molecule has 4 heteroatoms. The van der Waals surface area contributed by atoms with E-state index >= 15 is 0 Å². The first-order valence-corrected chi connectivity index (χ1v) is 12.6. The average molecular weight is 355 g/mol. The van der Waals surface area contributed by atoms with Crippen molar-refractivity contribution in [1.29, 1.82) is 0 Å². The monoisotopic (exact) mass is 354 g/mol. The van der Waals surface area contributed by atoms with Crippen molar-refractivity contribution in [2.24, 2.45) is 11.8 Å². The van der Waals surface area contributed by atoms with Crippen LogP contribution < -0.4 is 0 Å². The summed E-state index contributed by atoms with van der Waals surface area (Å²) in [5, 5.41) is 10.9. The highest BCUT2D eigenvalue weighted by Crippen LogP contribution is 2.40. The largest absolute Gasteiger partial charge is 0.410 e. The fourth-order valence-electron chi connectivity index (χ4n) is 4.18. The highest BCUT2D eigenvalue weighted by atomic mass is 28.4. The predicted octanol–water partition coefficient (Wildman–Crippen LogP) is 4.91. The number of ether oxygens (including phenoxy) is 1.